The Kier molecular flexibility index (Phi) is 4.19. The van der Waals surface area contributed by atoms with Crippen LogP contribution in [0.25, 0.3) is 11.2 Å². The highest BCUT2D eigenvalue weighted by Crippen LogP contribution is 2.43. The number of nitrogens with two attached hydrogens (primary N) is 1. The standard InChI is InChI=1S/C14H15F2N5O4/c1-6(22)8-9(23)14(16,3-2-4-15)12(25-8)21-5-18-7-10(21)19-13(17)20-11(7)24/h5-6,8-9,12,22-23H,4H2,1H3,(H3,17,19,20,24)/t6-,8-,9+,12-,14?/m1/s1. The van der Waals surface area contributed by atoms with Crippen molar-refractivity contribution in [3.05, 3.63) is 16.7 Å². The third kappa shape index (κ3) is 2.64. The van der Waals surface area contributed by atoms with E-state index in [1.165, 1.54) is 6.92 Å². The number of aliphatic hydroxyl groups is 2. The van der Waals surface area contributed by atoms with E-state index in [9.17, 15) is 19.4 Å². The van der Waals surface area contributed by atoms with Crippen LogP contribution in [0.4, 0.5) is 14.7 Å². The number of rotatable bonds is 2. The number of anilines is 1. The fourth-order valence-corrected chi connectivity index (χ4v) is 2.77. The second-order valence-electron chi connectivity index (χ2n) is 5.62. The molecule has 0 bridgehead atoms. The highest BCUT2D eigenvalue weighted by molar-refractivity contribution is 5.70. The van der Waals surface area contributed by atoms with Crippen LogP contribution >= 0.6 is 0 Å². The Balaban J connectivity index is 2.18. The molecule has 1 unspecified atom stereocenters. The van der Waals surface area contributed by atoms with E-state index in [4.69, 9.17) is 10.5 Å². The van der Waals surface area contributed by atoms with Gasteiger partial charge in [0, 0.05) is 0 Å². The van der Waals surface area contributed by atoms with Gasteiger partial charge in [0.05, 0.1) is 12.4 Å². The number of aromatic nitrogens is 4. The molecule has 1 saturated heterocycles. The van der Waals surface area contributed by atoms with Gasteiger partial charge in [0.25, 0.3) is 5.56 Å². The normalized spacial score (nSPS) is 30.2. The van der Waals surface area contributed by atoms with Crippen LogP contribution < -0.4 is 11.3 Å². The molecule has 5 N–H and O–H groups in total. The molecule has 9 nitrogen and oxygen atoms in total. The smallest absolute Gasteiger partial charge is 0.280 e. The summed E-state index contributed by atoms with van der Waals surface area (Å²) < 4.78 is 34.3. The molecule has 1 fully saturated rings. The van der Waals surface area contributed by atoms with Crippen molar-refractivity contribution in [3.63, 3.8) is 0 Å². The lowest BCUT2D eigenvalue weighted by Gasteiger charge is -2.23. The third-order valence-corrected chi connectivity index (χ3v) is 3.91. The van der Waals surface area contributed by atoms with Gasteiger partial charge in [-0.1, -0.05) is 11.8 Å². The number of nitrogens with one attached hydrogen (secondary N) is 1. The van der Waals surface area contributed by atoms with Crippen LogP contribution in [0, 0.1) is 11.8 Å². The summed E-state index contributed by atoms with van der Waals surface area (Å²) >= 11 is 0. The number of hydrogen-bond donors (Lipinski definition) is 4. The lowest BCUT2D eigenvalue weighted by Crippen LogP contribution is -2.44. The molecule has 0 amide bonds. The Morgan fingerprint density at radius 2 is 2.36 bits per heavy atom. The first-order valence-corrected chi connectivity index (χ1v) is 7.28. The first kappa shape index (κ1) is 17.3. The SMILES string of the molecule is C[C@@H](O)[C@H]1O[C@@H](n2cnc3c(=O)[nH]c(N)nc32)C(F)(C#CCF)[C@H]1O. The second kappa shape index (κ2) is 6.07. The van der Waals surface area contributed by atoms with Crippen molar-refractivity contribution >= 4 is 17.1 Å². The minimum absolute atomic E-state index is 0.103. The number of nitrogens with zero attached hydrogens (tertiary/aromatic N) is 3. The van der Waals surface area contributed by atoms with E-state index in [1.54, 1.807) is 0 Å². The Hall–Kier alpha value is -2.55. The van der Waals surface area contributed by atoms with E-state index in [-0.39, 0.29) is 17.1 Å². The number of halogens is 2. The van der Waals surface area contributed by atoms with Gasteiger partial charge in [-0.25, -0.2) is 13.8 Å². The summed E-state index contributed by atoms with van der Waals surface area (Å²) in [6.07, 6.45) is -4.99. The molecule has 0 spiro atoms. The van der Waals surface area contributed by atoms with Crippen LogP contribution in [0.3, 0.4) is 0 Å². The number of aromatic amines is 1. The predicted octanol–water partition coefficient (Wildman–Crippen LogP) is -0.978. The maximum absolute atomic E-state index is 15.4. The number of fused-ring (bicyclic) bond motifs is 1. The maximum atomic E-state index is 15.4. The zero-order chi connectivity index (χ0) is 18.4. The van der Waals surface area contributed by atoms with E-state index in [0.717, 1.165) is 10.9 Å². The van der Waals surface area contributed by atoms with Gasteiger partial charge in [0.2, 0.25) is 11.6 Å². The van der Waals surface area contributed by atoms with Gasteiger partial charge in [0.15, 0.2) is 17.4 Å². The molecule has 5 atom stereocenters. The molecule has 2 aromatic rings. The van der Waals surface area contributed by atoms with Gasteiger partial charge in [-0.2, -0.15) is 4.98 Å². The second-order valence-corrected chi connectivity index (χ2v) is 5.62. The van der Waals surface area contributed by atoms with E-state index in [1.807, 2.05) is 11.8 Å². The van der Waals surface area contributed by atoms with E-state index in [0.29, 0.717) is 0 Å². The zero-order valence-electron chi connectivity index (χ0n) is 13.0. The number of nitrogen functional groups attached to an aromatic ring is 1. The van der Waals surface area contributed by atoms with Crippen molar-refractivity contribution in [3.8, 4) is 11.8 Å². The highest BCUT2D eigenvalue weighted by atomic mass is 19.1. The summed E-state index contributed by atoms with van der Waals surface area (Å²) in [7, 11) is 0. The molecule has 1 aliphatic rings. The van der Waals surface area contributed by atoms with E-state index < -0.39 is 42.4 Å². The quantitative estimate of drug-likeness (QED) is 0.508. The van der Waals surface area contributed by atoms with Gasteiger partial charge in [-0.05, 0) is 6.92 Å². The summed E-state index contributed by atoms with van der Waals surface area (Å²) in [5.41, 5.74) is 1.85. The minimum Gasteiger partial charge on any atom is -0.391 e. The molecule has 11 heteroatoms. The number of H-pyrrole nitrogens is 1. The fourth-order valence-electron chi connectivity index (χ4n) is 2.77. The topological polar surface area (TPSA) is 139 Å². The number of imidazole rings is 1. The van der Waals surface area contributed by atoms with Crippen molar-refractivity contribution in [2.45, 2.75) is 37.1 Å². The predicted molar refractivity (Wildman–Crippen MR) is 81.7 cm³/mol. The molecule has 134 valence electrons. The van der Waals surface area contributed by atoms with E-state index >= 15 is 4.39 Å². The van der Waals surface area contributed by atoms with Gasteiger partial charge >= 0.3 is 0 Å². The Morgan fingerprint density at radius 1 is 1.64 bits per heavy atom. The lowest BCUT2D eigenvalue weighted by atomic mass is 9.94. The summed E-state index contributed by atoms with van der Waals surface area (Å²) in [4.78, 5) is 21.8. The third-order valence-electron chi connectivity index (χ3n) is 3.91. The average molecular weight is 355 g/mol. The summed E-state index contributed by atoms with van der Waals surface area (Å²) in [6, 6.07) is 0. The van der Waals surface area contributed by atoms with Crippen molar-refractivity contribution in [2.75, 3.05) is 12.4 Å². The molecule has 0 saturated carbocycles. The highest BCUT2D eigenvalue weighted by Gasteiger charge is 2.59. The summed E-state index contributed by atoms with van der Waals surface area (Å²) in [5.74, 6) is 3.69. The Labute approximate surface area is 139 Å². The van der Waals surface area contributed by atoms with Crippen LogP contribution in [-0.4, -0.2) is 60.4 Å². The minimum atomic E-state index is -2.76. The molecule has 0 aliphatic carbocycles. The number of alkyl halides is 2. The monoisotopic (exact) mass is 355 g/mol. The van der Waals surface area contributed by atoms with Crippen molar-refractivity contribution in [2.24, 2.45) is 0 Å². The van der Waals surface area contributed by atoms with Gasteiger partial charge in [-0.15, -0.1) is 0 Å². The van der Waals surface area contributed by atoms with Gasteiger partial charge in [-0.3, -0.25) is 14.3 Å². The fraction of sp³-hybridized carbons (Fsp3) is 0.500. The zero-order valence-corrected chi connectivity index (χ0v) is 13.0. The lowest BCUT2D eigenvalue weighted by molar-refractivity contribution is -0.0776. The number of aliphatic hydroxyl groups excluding tert-OH is 2. The van der Waals surface area contributed by atoms with Crippen molar-refractivity contribution in [1.82, 2.24) is 19.5 Å². The van der Waals surface area contributed by atoms with Gasteiger partial charge in [0.1, 0.15) is 18.9 Å². The van der Waals surface area contributed by atoms with Crippen LogP contribution in [-0.2, 0) is 4.74 Å². The van der Waals surface area contributed by atoms with Crippen LogP contribution in [0.15, 0.2) is 11.1 Å². The van der Waals surface area contributed by atoms with Crippen LogP contribution in [0.1, 0.15) is 13.2 Å². The number of ether oxygens (including phenoxy) is 1. The van der Waals surface area contributed by atoms with E-state index in [2.05, 4.69) is 15.0 Å². The molecular weight excluding hydrogens is 340 g/mol. The Morgan fingerprint density at radius 3 is 3.00 bits per heavy atom. The molecule has 2 aromatic heterocycles. The molecule has 0 aromatic carbocycles. The molecule has 25 heavy (non-hydrogen) atoms. The largest absolute Gasteiger partial charge is 0.391 e. The molecule has 3 heterocycles. The summed E-state index contributed by atoms with van der Waals surface area (Å²) in [5, 5.41) is 19.9. The molecule has 3 rings (SSSR count). The van der Waals surface area contributed by atoms with Crippen molar-refractivity contribution in [1.29, 1.82) is 0 Å². The first-order chi connectivity index (χ1) is 11.8. The average Bonchev–Trinajstić information content (AvgIpc) is 3.06. The molecule has 1 aliphatic heterocycles. The van der Waals surface area contributed by atoms with Crippen LogP contribution in [0.2, 0.25) is 0 Å². The van der Waals surface area contributed by atoms with Crippen LogP contribution in [0.5, 0.6) is 0 Å². The number of hydrogen-bond acceptors (Lipinski definition) is 7. The molecule has 0 radical (unpaired) electrons. The van der Waals surface area contributed by atoms with Gasteiger partial charge < -0.3 is 20.7 Å². The Bertz CT molecular complexity index is 917. The van der Waals surface area contributed by atoms with Crippen molar-refractivity contribution < 1.29 is 23.7 Å². The molecular formula is C14H15F2N5O4. The maximum Gasteiger partial charge on any atom is 0.280 e. The first-order valence-electron chi connectivity index (χ1n) is 7.28. The summed E-state index contributed by atoms with van der Waals surface area (Å²) in [6.45, 7) is 0.159.